The van der Waals surface area contributed by atoms with E-state index in [1.165, 1.54) is 19.3 Å². The number of nitrogens with two attached hydrogens (primary N) is 1. The first kappa shape index (κ1) is 19.1. The maximum Gasteiger partial charge on any atom is 0.240 e. The summed E-state index contributed by atoms with van der Waals surface area (Å²) in [5.74, 6) is 0.880. The van der Waals surface area contributed by atoms with E-state index in [1.807, 2.05) is 37.5 Å². The van der Waals surface area contributed by atoms with Gasteiger partial charge < -0.3 is 16.2 Å². The van der Waals surface area contributed by atoms with Gasteiger partial charge in [0.25, 0.3) is 0 Å². The quantitative estimate of drug-likeness (QED) is 0.478. The fourth-order valence-electron chi connectivity index (χ4n) is 3.70. The van der Waals surface area contributed by atoms with Crippen LogP contribution in [0.4, 0.5) is 11.8 Å². The second-order valence-electron chi connectivity index (χ2n) is 7.60. The minimum Gasteiger partial charge on any atom is -0.390 e. The molecule has 0 saturated heterocycles. The van der Waals surface area contributed by atoms with Crippen LogP contribution in [0.25, 0.3) is 22.4 Å². The van der Waals surface area contributed by atoms with Crippen LogP contribution in [0.1, 0.15) is 39.0 Å². The van der Waals surface area contributed by atoms with Gasteiger partial charge >= 0.3 is 0 Å². The lowest BCUT2D eigenvalue weighted by Crippen LogP contribution is -2.26. The standard InChI is InChI=1S/C13H12N8.C7H14O/c1-15-12-11-8(3-6-21(11)19-13(14)18-12)9-4-7-20-10(17-9)2-5-16-20;1-7(8)5-3-2-4-6-7/h2-7H,1H3,(H3,14,15,18,19);8H,2-6H2,1H3. The smallest absolute Gasteiger partial charge is 0.240 e. The van der Waals surface area contributed by atoms with E-state index < -0.39 is 0 Å². The Labute approximate surface area is 168 Å². The molecule has 0 atom stereocenters. The summed E-state index contributed by atoms with van der Waals surface area (Å²) in [4.78, 5) is 8.82. The molecule has 1 fully saturated rings. The van der Waals surface area contributed by atoms with Gasteiger partial charge in [0.15, 0.2) is 11.5 Å². The van der Waals surface area contributed by atoms with Gasteiger partial charge in [0.05, 0.1) is 17.5 Å². The van der Waals surface area contributed by atoms with Crippen LogP contribution in [0.3, 0.4) is 0 Å². The predicted octanol–water partition coefficient (Wildman–Crippen LogP) is 2.76. The highest BCUT2D eigenvalue weighted by molar-refractivity contribution is 5.87. The van der Waals surface area contributed by atoms with Gasteiger partial charge in [-0.3, -0.25) is 0 Å². The Bertz CT molecular complexity index is 1120. The lowest BCUT2D eigenvalue weighted by Gasteiger charge is -2.27. The number of nitrogens with one attached hydrogen (secondary N) is 1. The lowest BCUT2D eigenvalue weighted by atomic mass is 9.87. The number of nitrogens with zero attached hydrogens (tertiary/aromatic N) is 6. The first-order valence-electron chi connectivity index (χ1n) is 9.83. The van der Waals surface area contributed by atoms with Crippen LogP contribution < -0.4 is 11.1 Å². The molecule has 0 bridgehead atoms. The summed E-state index contributed by atoms with van der Waals surface area (Å²) in [7, 11) is 1.80. The van der Waals surface area contributed by atoms with E-state index in [4.69, 9.17) is 5.73 Å². The number of rotatable bonds is 2. The van der Waals surface area contributed by atoms with Crippen molar-refractivity contribution in [2.75, 3.05) is 18.1 Å². The molecule has 4 heterocycles. The zero-order valence-electron chi connectivity index (χ0n) is 16.7. The van der Waals surface area contributed by atoms with Crippen molar-refractivity contribution in [3.63, 3.8) is 0 Å². The van der Waals surface area contributed by atoms with Crippen molar-refractivity contribution in [2.24, 2.45) is 0 Å². The minimum atomic E-state index is -0.321. The van der Waals surface area contributed by atoms with Gasteiger partial charge in [-0.05, 0) is 31.9 Å². The van der Waals surface area contributed by atoms with E-state index in [2.05, 4.69) is 25.5 Å². The number of fused-ring (bicyclic) bond motifs is 2. The van der Waals surface area contributed by atoms with E-state index in [1.54, 1.807) is 22.3 Å². The average molecular weight is 394 g/mol. The zero-order chi connectivity index (χ0) is 20.4. The Morgan fingerprint density at radius 3 is 2.52 bits per heavy atom. The summed E-state index contributed by atoms with van der Waals surface area (Å²) >= 11 is 0. The van der Waals surface area contributed by atoms with Gasteiger partial charge in [-0.15, -0.1) is 5.10 Å². The Morgan fingerprint density at radius 1 is 1.07 bits per heavy atom. The average Bonchev–Trinajstić information content (AvgIpc) is 3.33. The highest BCUT2D eigenvalue weighted by Gasteiger charge is 2.22. The number of aliphatic hydroxyl groups is 1. The number of anilines is 2. The fourth-order valence-corrected chi connectivity index (χ4v) is 3.70. The monoisotopic (exact) mass is 394 g/mol. The highest BCUT2D eigenvalue weighted by atomic mass is 16.3. The molecule has 0 amide bonds. The third-order valence-electron chi connectivity index (χ3n) is 5.23. The highest BCUT2D eigenvalue weighted by Crippen LogP contribution is 2.29. The second-order valence-corrected chi connectivity index (χ2v) is 7.60. The molecule has 0 unspecified atom stereocenters. The summed E-state index contributed by atoms with van der Waals surface area (Å²) in [5.41, 5.74) is 8.76. The molecule has 0 aromatic carbocycles. The summed E-state index contributed by atoms with van der Waals surface area (Å²) in [6, 6.07) is 5.71. The normalized spacial score (nSPS) is 15.8. The Balaban J connectivity index is 0.000000216. The maximum atomic E-state index is 9.37. The topological polar surface area (TPSA) is 119 Å². The van der Waals surface area contributed by atoms with E-state index in [-0.39, 0.29) is 11.5 Å². The molecule has 0 aliphatic heterocycles. The van der Waals surface area contributed by atoms with Crippen molar-refractivity contribution < 1.29 is 5.11 Å². The van der Waals surface area contributed by atoms with Gasteiger partial charge in [-0.25, -0.2) is 14.0 Å². The number of aromatic nitrogens is 6. The second kappa shape index (κ2) is 7.67. The van der Waals surface area contributed by atoms with Crippen molar-refractivity contribution in [3.8, 4) is 11.3 Å². The first-order valence-corrected chi connectivity index (χ1v) is 9.83. The van der Waals surface area contributed by atoms with Crippen LogP contribution in [0.15, 0.2) is 36.8 Å². The predicted molar refractivity (Wildman–Crippen MR) is 113 cm³/mol. The molecule has 5 rings (SSSR count). The molecule has 1 aliphatic rings. The van der Waals surface area contributed by atoms with Gasteiger partial charge in [-0.1, -0.05) is 19.3 Å². The van der Waals surface area contributed by atoms with E-state index in [0.717, 1.165) is 35.3 Å². The molecule has 4 N–H and O–H groups in total. The van der Waals surface area contributed by atoms with Crippen LogP contribution in [0, 0.1) is 0 Å². The van der Waals surface area contributed by atoms with E-state index in [9.17, 15) is 5.11 Å². The van der Waals surface area contributed by atoms with Crippen molar-refractivity contribution >= 4 is 22.9 Å². The van der Waals surface area contributed by atoms with Crippen molar-refractivity contribution in [1.82, 2.24) is 29.2 Å². The van der Waals surface area contributed by atoms with Crippen molar-refractivity contribution in [3.05, 3.63) is 36.8 Å². The molecule has 4 aromatic rings. The number of nitrogen functional groups attached to an aromatic ring is 1. The molecule has 4 aromatic heterocycles. The third kappa shape index (κ3) is 4.00. The fraction of sp³-hybridized carbons (Fsp3) is 0.400. The summed E-state index contributed by atoms with van der Waals surface area (Å²) in [6.45, 7) is 1.94. The van der Waals surface area contributed by atoms with E-state index in [0.29, 0.717) is 5.82 Å². The SMILES string of the molecule is CC1(O)CCCCC1.CNc1nc(N)nn2ccc(-c3ccn4nccc4n3)c12. The van der Waals surface area contributed by atoms with Gasteiger partial charge in [-0.2, -0.15) is 10.1 Å². The molecule has 0 spiro atoms. The van der Waals surface area contributed by atoms with Crippen LogP contribution in [-0.2, 0) is 0 Å². The summed E-state index contributed by atoms with van der Waals surface area (Å²) < 4.78 is 3.42. The molecule has 0 radical (unpaired) electrons. The van der Waals surface area contributed by atoms with Crippen LogP contribution in [-0.4, -0.2) is 47.0 Å². The number of hydrogen-bond donors (Lipinski definition) is 3. The van der Waals surface area contributed by atoms with E-state index >= 15 is 0 Å². The largest absolute Gasteiger partial charge is 0.390 e. The lowest BCUT2D eigenvalue weighted by molar-refractivity contribution is 0.0225. The molecule has 152 valence electrons. The Kier molecular flexibility index (Phi) is 5.06. The molecular formula is C20H26N8O. The first-order chi connectivity index (χ1) is 14.0. The van der Waals surface area contributed by atoms with Crippen molar-refractivity contribution in [1.29, 1.82) is 0 Å². The summed E-state index contributed by atoms with van der Waals surface area (Å²) in [6.07, 6.45) is 11.2. The summed E-state index contributed by atoms with van der Waals surface area (Å²) in [5, 5.41) is 20.7. The Morgan fingerprint density at radius 2 is 1.83 bits per heavy atom. The van der Waals surface area contributed by atoms with Crippen LogP contribution in [0.2, 0.25) is 0 Å². The molecule has 9 heteroatoms. The van der Waals surface area contributed by atoms with Gasteiger partial charge in [0.1, 0.15) is 5.52 Å². The molecular weight excluding hydrogens is 368 g/mol. The Hall–Kier alpha value is -3.20. The minimum absolute atomic E-state index is 0.216. The maximum absolute atomic E-state index is 9.37. The third-order valence-corrected chi connectivity index (χ3v) is 5.23. The number of hydrogen-bond acceptors (Lipinski definition) is 7. The zero-order valence-corrected chi connectivity index (χ0v) is 16.7. The van der Waals surface area contributed by atoms with Crippen LogP contribution in [0.5, 0.6) is 0 Å². The van der Waals surface area contributed by atoms with Gasteiger partial charge in [0.2, 0.25) is 5.95 Å². The van der Waals surface area contributed by atoms with Crippen molar-refractivity contribution in [2.45, 2.75) is 44.6 Å². The van der Waals surface area contributed by atoms with Gasteiger partial charge in [0, 0.05) is 31.1 Å². The van der Waals surface area contributed by atoms with Crippen LogP contribution >= 0.6 is 0 Å². The molecule has 9 nitrogen and oxygen atoms in total. The molecule has 1 saturated carbocycles. The molecule has 1 aliphatic carbocycles. The molecule has 29 heavy (non-hydrogen) atoms.